The lowest BCUT2D eigenvalue weighted by Crippen LogP contribution is -2.46. The number of ether oxygens (including phenoxy) is 1. The second-order valence-corrected chi connectivity index (χ2v) is 10.0. The molecule has 0 spiro atoms. The van der Waals surface area contributed by atoms with Crippen LogP contribution >= 0.6 is 0 Å². The molecule has 0 aliphatic carbocycles. The highest BCUT2D eigenvalue weighted by Crippen LogP contribution is 2.26. The van der Waals surface area contributed by atoms with Crippen LogP contribution in [0.2, 0.25) is 0 Å². The minimum atomic E-state index is -3.86. The third-order valence-corrected chi connectivity index (χ3v) is 7.66. The molecule has 8 nitrogen and oxygen atoms in total. The number of piperazine rings is 1. The molecular weight excluding hydrogens is 454 g/mol. The van der Waals surface area contributed by atoms with Crippen LogP contribution in [-0.2, 0) is 10.0 Å². The number of rotatable bonds is 9. The Morgan fingerprint density at radius 2 is 1.74 bits per heavy atom. The Hall–Kier alpha value is -3.32. The number of hydrogen-bond acceptors (Lipinski definition) is 6. The van der Waals surface area contributed by atoms with Crippen molar-refractivity contribution in [3.63, 3.8) is 0 Å². The van der Waals surface area contributed by atoms with E-state index in [1.165, 1.54) is 34.4 Å². The number of aromatic carboxylic acids is 1. The van der Waals surface area contributed by atoms with Gasteiger partial charge in [0, 0.05) is 44.3 Å². The van der Waals surface area contributed by atoms with Crippen molar-refractivity contribution in [2.24, 2.45) is 0 Å². The Kier molecular flexibility index (Phi) is 7.22. The molecule has 1 saturated heterocycles. The number of terminal acetylenes is 1. The maximum absolute atomic E-state index is 13.1. The fourth-order valence-corrected chi connectivity index (χ4v) is 5.41. The van der Waals surface area contributed by atoms with Gasteiger partial charge in [0.15, 0.2) is 0 Å². The van der Waals surface area contributed by atoms with Gasteiger partial charge in [-0.2, -0.15) is 0 Å². The van der Waals surface area contributed by atoms with E-state index < -0.39 is 16.0 Å². The van der Waals surface area contributed by atoms with Crippen LogP contribution in [0.3, 0.4) is 0 Å². The van der Waals surface area contributed by atoms with E-state index >= 15 is 0 Å². The summed E-state index contributed by atoms with van der Waals surface area (Å²) in [6.45, 7) is 6.24. The molecule has 2 aromatic carbocycles. The van der Waals surface area contributed by atoms with Gasteiger partial charge in [0.1, 0.15) is 5.75 Å². The molecule has 1 fully saturated rings. The van der Waals surface area contributed by atoms with Crippen molar-refractivity contribution in [1.29, 1.82) is 0 Å². The molecule has 1 aliphatic rings. The van der Waals surface area contributed by atoms with Crippen LogP contribution < -0.4 is 4.74 Å². The monoisotopic (exact) mass is 481 g/mol. The van der Waals surface area contributed by atoms with Crippen molar-refractivity contribution in [2.75, 3.05) is 45.9 Å². The van der Waals surface area contributed by atoms with Gasteiger partial charge in [0.25, 0.3) is 10.0 Å². The van der Waals surface area contributed by atoms with Gasteiger partial charge in [-0.1, -0.05) is 5.92 Å². The molecule has 2 heterocycles. The Morgan fingerprint density at radius 3 is 2.41 bits per heavy atom. The first-order chi connectivity index (χ1) is 16.4. The summed E-state index contributed by atoms with van der Waals surface area (Å²) < 4.78 is 33.2. The predicted molar refractivity (Wildman–Crippen MR) is 130 cm³/mol. The van der Waals surface area contributed by atoms with Crippen LogP contribution in [0.4, 0.5) is 0 Å². The number of nitrogens with zero attached hydrogens (tertiary/aromatic N) is 3. The zero-order valence-corrected chi connectivity index (χ0v) is 19.6. The largest absolute Gasteiger partial charge is 0.494 e. The molecule has 3 aromatic rings. The SMILES string of the molecule is C#CCN1CCN(CCCOc2ccc3c(ccn3S(=O)(=O)c3ccc(C(=O)O)cc3)c2)CC1. The first kappa shape index (κ1) is 23.8. The molecule has 1 N–H and O–H groups in total. The zero-order chi connectivity index (χ0) is 24.1. The normalized spacial score (nSPS) is 15.3. The topological polar surface area (TPSA) is 92.1 Å². The van der Waals surface area contributed by atoms with Crippen LogP contribution in [-0.4, -0.2) is 79.1 Å². The summed E-state index contributed by atoms with van der Waals surface area (Å²) in [4.78, 5) is 15.7. The number of carboxylic acid groups (broad SMARTS) is 1. The lowest BCUT2D eigenvalue weighted by Gasteiger charge is -2.33. The van der Waals surface area contributed by atoms with Crippen molar-refractivity contribution < 1.29 is 23.1 Å². The van der Waals surface area contributed by atoms with Crippen LogP contribution in [0, 0.1) is 12.3 Å². The quantitative estimate of drug-likeness (QED) is 0.371. The molecule has 0 bridgehead atoms. The average molecular weight is 482 g/mol. The van der Waals surface area contributed by atoms with E-state index in [9.17, 15) is 13.2 Å². The Balaban J connectivity index is 1.36. The van der Waals surface area contributed by atoms with E-state index in [2.05, 4.69) is 15.7 Å². The van der Waals surface area contributed by atoms with Gasteiger partial charge in [-0.05, 0) is 55.0 Å². The Labute approximate surface area is 199 Å². The summed E-state index contributed by atoms with van der Waals surface area (Å²) in [6.07, 6.45) is 7.77. The van der Waals surface area contributed by atoms with Gasteiger partial charge in [0.05, 0.1) is 29.1 Å². The molecule has 0 radical (unpaired) electrons. The lowest BCUT2D eigenvalue weighted by atomic mass is 10.2. The molecule has 0 amide bonds. The average Bonchev–Trinajstić information content (AvgIpc) is 3.27. The minimum absolute atomic E-state index is 0.0236. The lowest BCUT2D eigenvalue weighted by molar-refractivity contribution is 0.0696. The van der Waals surface area contributed by atoms with Gasteiger partial charge in [-0.3, -0.25) is 4.90 Å². The van der Waals surface area contributed by atoms with Crippen LogP contribution in [0.15, 0.2) is 59.6 Å². The van der Waals surface area contributed by atoms with Crippen molar-refractivity contribution >= 4 is 26.9 Å². The third-order valence-electron chi connectivity index (χ3n) is 5.95. The molecule has 1 aliphatic heterocycles. The molecule has 178 valence electrons. The standard InChI is InChI=1S/C25H27N3O5S/c1-2-11-26-14-16-27(17-15-26)12-3-18-33-22-6-9-24-21(19-22)10-13-28(24)34(31,32)23-7-4-20(5-8-23)25(29)30/h1,4-10,13,19H,3,11-12,14-18H2,(H,29,30). The molecule has 34 heavy (non-hydrogen) atoms. The molecule has 1 aromatic heterocycles. The fraction of sp³-hybridized carbons (Fsp3) is 0.320. The maximum atomic E-state index is 13.1. The van der Waals surface area contributed by atoms with Gasteiger partial charge in [-0.15, -0.1) is 6.42 Å². The number of benzene rings is 2. The van der Waals surface area contributed by atoms with Gasteiger partial charge < -0.3 is 14.7 Å². The Morgan fingerprint density at radius 1 is 1.03 bits per heavy atom. The zero-order valence-electron chi connectivity index (χ0n) is 18.8. The first-order valence-corrected chi connectivity index (χ1v) is 12.5. The molecule has 0 saturated carbocycles. The van der Waals surface area contributed by atoms with Crippen LogP contribution in [0.1, 0.15) is 16.8 Å². The van der Waals surface area contributed by atoms with Crippen molar-refractivity contribution in [3.05, 3.63) is 60.3 Å². The summed E-state index contributed by atoms with van der Waals surface area (Å²) >= 11 is 0. The summed E-state index contributed by atoms with van der Waals surface area (Å²) in [6, 6.07) is 12.2. The summed E-state index contributed by atoms with van der Waals surface area (Å²) in [5.41, 5.74) is 0.559. The Bertz CT molecular complexity index is 1300. The van der Waals surface area contributed by atoms with E-state index in [0.29, 0.717) is 24.4 Å². The predicted octanol–water partition coefficient (Wildman–Crippen LogP) is 2.60. The van der Waals surface area contributed by atoms with E-state index in [0.717, 1.165) is 44.5 Å². The molecule has 9 heteroatoms. The number of carbonyl (C=O) groups is 1. The van der Waals surface area contributed by atoms with E-state index in [4.69, 9.17) is 16.3 Å². The molecule has 4 rings (SSSR count). The van der Waals surface area contributed by atoms with E-state index in [-0.39, 0.29) is 10.5 Å². The minimum Gasteiger partial charge on any atom is -0.494 e. The highest BCUT2D eigenvalue weighted by Gasteiger charge is 2.20. The third kappa shape index (κ3) is 5.25. The van der Waals surface area contributed by atoms with Crippen molar-refractivity contribution in [1.82, 2.24) is 13.8 Å². The van der Waals surface area contributed by atoms with Crippen LogP contribution in [0.25, 0.3) is 10.9 Å². The van der Waals surface area contributed by atoms with E-state index in [1.54, 1.807) is 18.2 Å². The maximum Gasteiger partial charge on any atom is 0.335 e. The molecule has 0 unspecified atom stereocenters. The second-order valence-electron chi connectivity index (χ2n) is 8.19. The smallest absolute Gasteiger partial charge is 0.335 e. The number of fused-ring (bicyclic) bond motifs is 1. The molecule has 0 atom stereocenters. The number of hydrogen-bond donors (Lipinski definition) is 1. The number of carboxylic acids is 1. The fourth-order valence-electron chi connectivity index (χ4n) is 4.06. The summed E-state index contributed by atoms with van der Waals surface area (Å²) in [5.74, 6) is 2.27. The second kappa shape index (κ2) is 10.3. The number of aromatic nitrogens is 1. The van der Waals surface area contributed by atoms with Crippen molar-refractivity contribution in [2.45, 2.75) is 11.3 Å². The summed E-state index contributed by atoms with van der Waals surface area (Å²) in [7, 11) is -3.86. The highest BCUT2D eigenvalue weighted by molar-refractivity contribution is 7.90. The van der Waals surface area contributed by atoms with E-state index in [1.807, 2.05) is 6.07 Å². The molecular formula is C25H27N3O5S. The van der Waals surface area contributed by atoms with Gasteiger partial charge >= 0.3 is 5.97 Å². The van der Waals surface area contributed by atoms with Crippen LogP contribution in [0.5, 0.6) is 5.75 Å². The van der Waals surface area contributed by atoms with Gasteiger partial charge in [-0.25, -0.2) is 17.2 Å². The highest BCUT2D eigenvalue weighted by atomic mass is 32.2. The van der Waals surface area contributed by atoms with Gasteiger partial charge in [0.2, 0.25) is 0 Å². The first-order valence-electron chi connectivity index (χ1n) is 11.1. The summed E-state index contributed by atoms with van der Waals surface area (Å²) in [5, 5.41) is 9.77. The van der Waals surface area contributed by atoms with Crippen molar-refractivity contribution in [3.8, 4) is 18.1 Å².